The van der Waals surface area contributed by atoms with Gasteiger partial charge in [0.15, 0.2) is 0 Å². The van der Waals surface area contributed by atoms with E-state index in [-0.39, 0.29) is 11.4 Å². The fourth-order valence-corrected chi connectivity index (χ4v) is 2.95. The van der Waals surface area contributed by atoms with E-state index < -0.39 is 0 Å². The molecule has 4 aromatic rings. The molecular formula is C16H14N4O2. The highest BCUT2D eigenvalue weighted by atomic mass is 16.2. The molecule has 110 valence electrons. The Morgan fingerprint density at radius 3 is 2.41 bits per heavy atom. The number of fused-ring (bicyclic) bond motifs is 2. The molecule has 0 unspecified atom stereocenters. The number of nitrogens with one attached hydrogen (secondary N) is 1. The maximum atomic E-state index is 12.3. The van der Waals surface area contributed by atoms with Gasteiger partial charge in [-0.15, -0.1) is 0 Å². The lowest BCUT2D eigenvalue weighted by molar-refractivity contribution is 0.795. The van der Waals surface area contributed by atoms with E-state index in [9.17, 15) is 9.59 Å². The van der Waals surface area contributed by atoms with Gasteiger partial charge in [0.25, 0.3) is 0 Å². The molecule has 0 saturated carbocycles. The average Bonchev–Trinajstić information content (AvgIpc) is 2.97. The first-order chi connectivity index (χ1) is 10.6. The van der Waals surface area contributed by atoms with Gasteiger partial charge in [0.2, 0.25) is 0 Å². The molecule has 2 aromatic carbocycles. The molecule has 22 heavy (non-hydrogen) atoms. The van der Waals surface area contributed by atoms with Gasteiger partial charge in [0.1, 0.15) is 0 Å². The summed E-state index contributed by atoms with van der Waals surface area (Å²) in [6, 6.07) is 13.1. The lowest BCUT2D eigenvalue weighted by Crippen LogP contribution is -2.19. The van der Waals surface area contributed by atoms with E-state index in [1.165, 1.54) is 0 Å². The van der Waals surface area contributed by atoms with Gasteiger partial charge in [-0.05, 0) is 30.3 Å². The molecular weight excluding hydrogens is 280 g/mol. The number of aryl methyl sites for hydroxylation is 2. The maximum Gasteiger partial charge on any atom is 0.331 e. The van der Waals surface area contributed by atoms with Crippen LogP contribution in [-0.2, 0) is 14.1 Å². The minimum atomic E-state index is -0.193. The highest BCUT2D eigenvalue weighted by molar-refractivity contribution is 5.81. The molecule has 0 aliphatic heterocycles. The summed E-state index contributed by atoms with van der Waals surface area (Å²) in [6.07, 6.45) is 0. The molecule has 0 radical (unpaired) electrons. The van der Waals surface area contributed by atoms with Crippen LogP contribution in [-0.4, -0.2) is 18.7 Å². The van der Waals surface area contributed by atoms with Gasteiger partial charge < -0.3 is 4.98 Å². The van der Waals surface area contributed by atoms with E-state index in [0.29, 0.717) is 0 Å². The predicted molar refractivity (Wildman–Crippen MR) is 85.6 cm³/mol. The van der Waals surface area contributed by atoms with E-state index in [1.54, 1.807) is 27.8 Å². The van der Waals surface area contributed by atoms with Crippen LogP contribution in [0.25, 0.3) is 27.8 Å². The number of para-hydroxylation sites is 2. The second kappa shape index (κ2) is 4.24. The van der Waals surface area contributed by atoms with Crippen molar-refractivity contribution in [1.82, 2.24) is 18.7 Å². The van der Waals surface area contributed by atoms with Crippen molar-refractivity contribution in [3.05, 3.63) is 63.4 Å². The van der Waals surface area contributed by atoms with Crippen molar-refractivity contribution < 1.29 is 0 Å². The SMILES string of the molecule is Cn1c(=O)n(C)c2cc(-n3c(=O)[nH]c4ccccc43)ccc21. The first kappa shape index (κ1) is 12.7. The van der Waals surface area contributed by atoms with Gasteiger partial charge in [0, 0.05) is 14.1 Å². The van der Waals surface area contributed by atoms with E-state index in [0.717, 1.165) is 27.8 Å². The number of H-pyrrole nitrogens is 1. The topological polar surface area (TPSA) is 64.7 Å². The Balaban J connectivity index is 2.09. The van der Waals surface area contributed by atoms with Crippen LogP contribution in [0, 0.1) is 0 Å². The molecule has 0 atom stereocenters. The Bertz CT molecular complexity index is 1140. The number of nitrogens with zero attached hydrogens (tertiary/aromatic N) is 3. The summed E-state index contributed by atoms with van der Waals surface area (Å²) in [6.45, 7) is 0. The number of aromatic amines is 1. The predicted octanol–water partition coefficient (Wildman–Crippen LogP) is 1.51. The van der Waals surface area contributed by atoms with Crippen LogP contribution in [0.2, 0.25) is 0 Å². The third-order valence-electron chi connectivity index (χ3n) is 4.10. The van der Waals surface area contributed by atoms with E-state index in [2.05, 4.69) is 4.98 Å². The van der Waals surface area contributed by atoms with Crippen molar-refractivity contribution in [2.45, 2.75) is 0 Å². The highest BCUT2D eigenvalue weighted by Crippen LogP contribution is 2.19. The minimum Gasteiger partial charge on any atom is -0.305 e. The summed E-state index contributed by atoms with van der Waals surface area (Å²) >= 11 is 0. The summed E-state index contributed by atoms with van der Waals surface area (Å²) in [7, 11) is 3.47. The van der Waals surface area contributed by atoms with Crippen LogP contribution >= 0.6 is 0 Å². The first-order valence-corrected chi connectivity index (χ1v) is 6.93. The van der Waals surface area contributed by atoms with Crippen LogP contribution in [0.5, 0.6) is 0 Å². The molecule has 2 aromatic heterocycles. The van der Waals surface area contributed by atoms with Gasteiger partial charge in [0.05, 0.1) is 27.8 Å². The van der Waals surface area contributed by atoms with E-state index in [1.807, 2.05) is 42.5 Å². The van der Waals surface area contributed by atoms with Crippen LogP contribution in [0.4, 0.5) is 0 Å². The molecule has 6 heteroatoms. The molecule has 0 spiro atoms. The summed E-state index contributed by atoms with van der Waals surface area (Å²) < 4.78 is 4.79. The van der Waals surface area contributed by atoms with Crippen molar-refractivity contribution in [3.63, 3.8) is 0 Å². The molecule has 2 heterocycles. The summed E-state index contributed by atoms with van der Waals surface area (Å²) in [5.41, 5.74) is 3.68. The van der Waals surface area contributed by atoms with Crippen molar-refractivity contribution in [2.75, 3.05) is 0 Å². The zero-order valence-corrected chi connectivity index (χ0v) is 12.2. The molecule has 0 bridgehead atoms. The van der Waals surface area contributed by atoms with Crippen molar-refractivity contribution in [1.29, 1.82) is 0 Å². The second-order valence-corrected chi connectivity index (χ2v) is 5.36. The normalized spacial score (nSPS) is 11.5. The number of imidazole rings is 2. The third-order valence-corrected chi connectivity index (χ3v) is 4.10. The summed E-state index contributed by atoms with van der Waals surface area (Å²) in [4.78, 5) is 27.1. The Kier molecular flexibility index (Phi) is 2.45. The Morgan fingerprint density at radius 2 is 1.59 bits per heavy atom. The van der Waals surface area contributed by atoms with Crippen molar-refractivity contribution in [3.8, 4) is 5.69 Å². The molecule has 0 amide bonds. The molecule has 0 fully saturated rings. The quantitative estimate of drug-likeness (QED) is 0.578. The Hall–Kier alpha value is -3.02. The van der Waals surface area contributed by atoms with Crippen molar-refractivity contribution >= 4 is 22.1 Å². The fourth-order valence-electron chi connectivity index (χ4n) is 2.95. The van der Waals surface area contributed by atoms with Gasteiger partial charge in [-0.1, -0.05) is 12.1 Å². The minimum absolute atomic E-state index is 0.0848. The maximum absolute atomic E-state index is 12.3. The van der Waals surface area contributed by atoms with Gasteiger partial charge in [-0.2, -0.15) is 0 Å². The molecule has 6 nitrogen and oxygen atoms in total. The number of rotatable bonds is 1. The van der Waals surface area contributed by atoms with Gasteiger partial charge >= 0.3 is 11.4 Å². The summed E-state index contributed by atoms with van der Waals surface area (Å²) in [5.74, 6) is 0. The van der Waals surface area contributed by atoms with Crippen LogP contribution in [0.1, 0.15) is 0 Å². The molecule has 0 aliphatic carbocycles. The molecule has 4 rings (SSSR count). The standard InChI is InChI=1S/C16H14N4O2/c1-18-13-8-7-10(9-14(13)19(2)16(18)22)20-12-6-4-3-5-11(12)17-15(20)21/h3-9H,1-2H3,(H,17,21). The van der Waals surface area contributed by atoms with Crippen LogP contribution < -0.4 is 11.4 Å². The average molecular weight is 294 g/mol. The lowest BCUT2D eigenvalue weighted by Gasteiger charge is -2.04. The number of benzene rings is 2. The fraction of sp³-hybridized carbons (Fsp3) is 0.125. The summed E-state index contributed by atoms with van der Waals surface area (Å²) in [5, 5.41) is 0. The van der Waals surface area contributed by atoms with Gasteiger partial charge in [-0.25, -0.2) is 9.59 Å². The first-order valence-electron chi connectivity index (χ1n) is 6.93. The van der Waals surface area contributed by atoms with E-state index in [4.69, 9.17) is 0 Å². The number of hydrogen-bond acceptors (Lipinski definition) is 2. The molecule has 0 aliphatic rings. The Morgan fingerprint density at radius 1 is 0.864 bits per heavy atom. The zero-order valence-electron chi connectivity index (χ0n) is 12.2. The van der Waals surface area contributed by atoms with Crippen LogP contribution in [0.3, 0.4) is 0 Å². The van der Waals surface area contributed by atoms with Crippen molar-refractivity contribution in [2.24, 2.45) is 14.1 Å². The van der Waals surface area contributed by atoms with E-state index >= 15 is 0 Å². The third kappa shape index (κ3) is 1.54. The number of hydrogen-bond donors (Lipinski definition) is 1. The second-order valence-electron chi connectivity index (χ2n) is 5.36. The number of aromatic nitrogens is 4. The van der Waals surface area contributed by atoms with Crippen LogP contribution in [0.15, 0.2) is 52.1 Å². The molecule has 1 N–H and O–H groups in total. The zero-order chi connectivity index (χ0) is 15.4. The molecule has 0 saturated heterocycles. The monoisotopic (exact) mass is 294 g/mol. The largest absolute Gasteiger partial charge is 0.331 e. The smallest absolute Gasteiger partial charge is 0.305 e. The lowest BCUT2D eigenvalue weighted by atomic mass is 10.2. The van der Waals surface area contributed by atoms with Gasteiger partial charge in [-0.3, -0.25) is 13.7 Å². The Labute approximate surface area is 124 Å². The highest BCUT2D eigenvalue weighted by Gasteiger charge is 2.12.